The van der Waals surface area contributed by atoms with Gasteiger partial charge in [0, 0.05) is 28.8 Å². The van der Waals surface area contributed by atoms with Crippen LogP contribution in [0.1, 0.15) is 58.3 Å². The lowest BCUT2D eigenvalue weighted by molar-refractivity contribution is -0.128. The predicted octanol–water partition coefficient (Wildman–Crippen LogP) is 4.23. The molecule has 1 N–H and O–H groups in total. The van der Waals surface area contributed by atoms with Crippen LogP contribution in [-0.2, 0) is 4.79 Å². The van der Waals surface area contributed by atoms with Gasteiger partial charge < -0.3 is 9.73 Å². The second kappa shape index (κ2) is 7.05. The summed E-state index contributed by atoms with van der Waals surface area (Å²) >= 11 is 1.63. The average Bonchev–Trinajstić information content (AvgIpc) is 3.23. The quantitative estimate of drug-likeness (QED) is 0.898. The first-order valence-electron chi connectivity index (χ1n) is 8.58. The van der Waals surface area contributed by atoms with Gasteiger partial charge in [0.05, 0.1) is 0 Å². The summed E-state index contributed by atoms with van der Waals surface area (Å²) in [7, 11) is 0. The van der Waals surface area contributed by atoms with E-state index in [4.69, 9.17) is 4.42 Å². The van der Waals surface area contributed by atoms with E-state index in [9.17, 15) is 4.79 Å². The average molecular weight is 347 g/mol. The summed E-state index contributed by atoms with van der Waals surface area (Å²) < 4.78 is 5.86. The minimum Gasteiger partial charge on any atom is -0.420 e. The normalized spacial score (nSPS) is 21.6. The van der Waals surface area contributed by atoms with Gasteiger partial charge in [-0.05, 0) is 43.0 Å². The van der Waals surface area contributed by atoms with Crippen LogP contribution in [0, 0.1) is 11.3 Å². The molecule has 0 aromatic carbocycles. The van der Waals surface area contributed by atoms with E-state index in [0.717, 1.165) is 43.7 Å². The fraction of sp³-hybridized carbons (Fsp3) is 0.611. The molecule has 6 heteroatoms. The third-order valence-electron chi connectivity index (χ3n) is 4.64. The third-order valence-corrected chi connectivity index (χ3v) is 5.32. The van der Waals surface area contributed by atoms with Crippen LogP contribution in [0.2, 0.25) is 0 Å². The lowest BCUT2D eigenvalue weighted by Gasteiger charge is -2.27. The Hall–Kier alpha value is -1.69. The molecular formula is C18H25N3O2S. The maximum Gasteiger partial charge on any atom is 0.248 e. The highest BCUT2D eigenvalue weighted by atomic mass is 32.1. The number of hydrogen-bond acceptors (Lipinski definition) is 5. The molecule has 1 aliphatic carbocycles. The van der Waals surface area contributed by atoms with Gasteiger partial charge in [0.2, 0.25) is 17.7 Å². The molecule has 130 valence electrons. The smallest absolute Gasteiger partial charge is 0.248 e. The molecule has 1 saturated carbocycles. The summed E-state index contributed by atoms with van der Waals surface area (Å²) in [5.74, 6) is 2.40. The lowest BCUT2D eigenvalue weighted by atomic mass is 9.81. The number of carbonyl (C=O) groups excluding carboxylic acids is 1. The van der Waals surface area contributed by atoms with Gasteiger partial charge in [0.1, 0.15) is 0 Å². The van der Waals surface area contributed by atoms with Gasteiger partial charge in [-0.3, -0.25) is 4.79 Å². The molecule has 2 aromatic heterocycles. The van der Waals surface area contributed by atoms with Crippen LogP contribution in [0.4, 0.5) is 0 Å². The molecule has 2 aromatic rings. The van der Waals surface area contributed by atoms with Crippen molar-refractivity contribution in [3.05, 3.63) is 22.7 Å². The zero-order valence-electron chi connectivity index (χ0n) is 14.5. The number of hydrogen-bond donors (Lipinski definition) is 1. The first kappa shape index (κ1) is 17.1. The third kappa shape index (κ3) is 4.04. The van der Waals surface area contributed by atoms with Crippen LogP contribution >= 0.6 is 11.3 Å². The molecule has 0 bridgehead atoms. The Bertz CT molecular complexity index is 665. The first-order chi connectivity index (χ1) is 11.4. The van der Waals surface area contributed by atoms with Crippen molar-refractivity contribution in [1.29, 1.82) is 0 Å². The highest BCUT2D eigenvalue weighted by Crippen LogP contribution is 2.36. The number of carbonyl (C=O) groups is 1. The van der Waals surface area contributed by atoms with Crippen LogP contribution < -0.4 is 5.32 Å². The lowest BCUT2D eigenvalue weighted by Crippen LogP contribution is -2.38. The fourth-order valence-electron chi connectivity index (χ4n) is 3.02. The maximum atomic E-state index is 12.0. The Morgan fingerprint density at radius 1 is 1.29 bits per heavy atom. The Morgan fingerprint density at radius 3 is 2.67 bits per heavy atom. The van der Waals surface area contributed by atoms with E-state index in [1.165, 1.54) is 0 Å². The van der Waals surface area contributed by atoms with Gasteiger partial charge >= 0.3 is 0 Å². The molecular weight excluding hydrogens is 322 g/mol. The molecule has 0 radical (unpaired) electrons. The maximum absolute atomic E-state index is 12.0. The highest BCUT2D eigenvalue weighted by molar-refractivity contribution is 7.08. The van der Waals surface area contributed by atoms with Crippen molar-refractivity contribution >= 4 is 17.2 Å². The molecule has 0 unspecified atom stereocenters. The minimum atomic E-state index is -0.320. The molecule has 1 amide bonds. The second-order valence-electron chi connectivity index (χ2n) is 7.64. The predicted molar refractivity (Wildman–Crippen MR) is 94.8 cm³/mol. The zero-order chi connectivity index (χ0) is 17.2. The van der Waals surface area contributed by atoms with Gasteiger partial charge in [0.15, 0.2) is 0 Å². The van der Waals surface area contributed by atoms with Crippen molar-refractivity contribution in [2.45, 2.75) is 52.4 Å². The number of nitrogens with one attached hydrogen (secondary N) is 1. The molecule has 1 fully saturated rings. The topological polar surface area (TPSA) is 68.0 Å². The van der Waals surface area contributed by atoms with E-state index in [2.05, 4.69) is 15.5 Å². The largest absolute Gasteiger partial charge is 0.420 e. The molecule has 5 nitrogen and oxygen atoms in total. The van der Waals surface area contributed by atoms with E-state index >= 15 is 0 Å². The molecule has 24 heavy (non-hydrogen) atoms. The molecule has 2 heterocycles. The van der Waals surface area contributed by atoms with Crippen LogP contribution in [0.5, 0.6) is 0 Å². The van der Waals surface area contributed by atoms with Crippen molar-refractivity contribution in [2.24, 2.45) is 11.3 Å². The van der Waals surface area contributed by atoms with Crippen molar-refractivity contribution in [1.82, 2.24) is 15.5 Å². The van der Waals surface area contributed by atoms with Gasteiger partial charge in [-0.2, -0.15) is 11.3 Å². The SMILES string of the molecule is CC(C)(C)C(=O)NCC1CCC(c2nnc(-c3ccsc3)o2)CC1. The summed E-state index contributed by atoms with van der Waals surface area (Å²) in [6.07, 6.45) is 4.26. The first-order valence-corrected chi connectivity index (χ1v) is 9.52. The molecule has 3 rings (SSSR count). The van der Waals surface area contributed by atoms with Crippen molar-refractivity contribution in [3.63, 3.8) is 0 Å². The van der Waals surface area contributed by atoms with E-state index in [-0.39, 0.29) is 11.3 Å². The molecule has 0 spiro atoms. The van der Waals surface area contributed by atoms with E-state index in [0.29, 0.717) is 17.7 Å². The Morgan fingerprint density at radius 2 is 2.04 bits per heavy atom. The standard InChI is InChI=1S/C18H25N3O2S/c1-18(2,3)17(22)19-10-12-4-6-13(7-5-12)15-20-21-16(23-15)14-8-9-24-11-14/h8-9,11-13H,4-7,10H2,1-3H3,(H,19,22). The van der Waals surface area contributed by atoms with Gasteiger partial charge in [-0.1, -0.05) is 20.8 Å². The number of rotatable bonds is 4. The monoisotopic (exact) mass is 347 g/mol. The number of amides is 1. The van der Waals surface area contributed by atoms with E-state index in [1.807, 2.05) is 37.6 Å². The summed E-state index contributed by atoms with van der Waals surface area (Å²) in [5.41, 5.74) is 0.677. The van der Waals surface area contributed by atoms with Gasteiger partial charge in [-0.25, -0.2) is 0 Å². The van der Waals surface area contributed by atoms with Crippen molar-refractivity contribution in [3.8, 4) is 11.5 Å². The Kier molecular flexibility index (Phi) is 5.04. The zero-order valence-corrected chi connectivity index (χ0v) is 15.4. The summed E-state index contributed by atoms with van der Waals surface area (Å²) in [4.78, 5) is 12.0. The van der Waals surface area contributed by atoms with Crippen molar-refractivity contribution < 1.29 is 9.21 Å². The number of thiophene rings is 1. The summed E-state index contributed by atoms with van der Waals surface area (Å²) in [5, 5.41) is 15.5. The second-order valence-corrected chi connectivity index (χ2v) is 8.42. The molecule has 1 aliphatic rings. The molecule has 0 atom stereocenters. The Labute approximate surface area is 146 Å². The minimum absolute atomic E-state index is 0.127. The summed E-state index contributed by atoms with van der Waals surface area (Å²) in [6, 6.07) is 2.00. The number of nitrogens with zero attached hydrogens (tertiary/aromatic N) is 2. The molecule has 0 aliphatic heterocycles. The number of aromatic nitrogens is 2. The Balaban J connectivity index is 1.50. The summed E-state index contributed by atoms with van der Waals surface area (Å²) in [6.45, 7) is 6.60. The van der Waals surface area contributed by atoms with Crippen LogP contribution in [-0.4, -0.2) is 22.6 Å². The highest BCUT2D eigenvalue weighted by Gasteiger charge is 2.28. The van der Waals surface area contributed by atoms with Crippen molar-refractivity contribution in [2.75, 3.05) is 6.54 Å². The van der Waals surface area contributed by atoms with E-state index < -0.39 is 0 Å². The van der Waals surface area contributed by atoms with Crippen LogP contribution in [0.3, 0.4) is 0 Å². The van der Waals surface area contributed by atoms with Crippen LogP contribution in [0.25, 0.3) is 11.5 Å². The fourth-order valence-corrected chi connectivity index (χ4v) is 3.65. The van der Waals surface area contributed by atoms with E-state index in [1.54, 1.807) is 11.3 Å². The van der Waals surface area contributed by atoms with Crippen LogP contribution in [0.15, 0.2) is 21.2 Å². The van der Waals surface area contributed by atoms with Gasteiger partial charge in [-0.15, -0.1) is 10.2 Å². The van der Waals surface area contributed by atoms with Gasteiger partial charge in [0.25, 0.3) is 0 Å². The molecule has 0 saturated heterocycles.